The number of nitrogens with one attached hydrogen (secondary N) is 2. The lowest BCUT2D eigenvalue weighted by molar-refractivity contribution is 0.138. The van der Waals surface area contributed by atoms with Crippen LogP contribution in [0.2, 0.25) is 0 Å². The molecule has 0 saturated heterocycles. The Morgan fingerprint density at radius 2 is 1.74 bits per heavy atom. The van der Waals surface area contributed by atoms with Crippen LogP contribution in [0, 0.1) is 5.41 Å². The molecule has 0 atom stereocenters. The number of benzene rings is 1. The van der Waals surface area contributed by atoms with Gasteiger partial charge < -0.3 is 24.8 Å². The van der Waals surface area contributed by atoms with E-state index in [4.69, 9.17) is 14.2 Å². The number of hydrogen-bond acceptors (Lipinski definition) is 4. The van der Waals surface area contributed by atoms with Gasteiger partial charge in [0.25, 0.3) is 0 Å². The van der Waals surface area contributed by atoms with Crippen molar-refractivity contribution in [2.75, 3.05) is 47.6 Å². The quantitative estimate of drug-likeness (QED) is 0.352. The van der Waals surface area contributed by atoms with Gasteiger partial charge in [0.2, 0.25) is 0 Å². The van der Waals surface area contributed by atoms with Crippen molar-refractivity contribution in [2.24, 2.45) is 10.4 Å². The van der Waals surface area contributed by atoms with Gasteiger partial charge in [0.15, 0.2) is 5.96 Å². The molecule has 0 aromatic heterocycles. The lowest BCUT2D eigenvalue weighted by atomic mass is 9.83. The third-order valence-electron chi connectivity index (χ3n) is 5.30. The van der Waals surface area contributed by atoms with Gasteiger partial charge in [-0.25, -0.2) is 0 Å². The molecule has 0 radical (unpaired) electrons. The Morgan fingerprint density at radius 3 is 2.37 bits per heavy atom. The van der Waals surface area contributed by atoms with E-state index in [1.54, 1.807) is 14.2 Å². The molecule has 0 aliphatic heterocycles. The molecule has 1 aliphatic rings. The first-order valence-electron chi connectivity index (χ1n) is 9.92. The van der Waals surface area contributed by atoms with Gasteiger partial charge in [-0.1, -0.05) is 12.8 Å². The van der Waals surface area contributed by atoms with Crippen LogP contribution in [0.1, 0.15) is 38.5 Å². The molecule has 6 heteroatoms. The van der Waals surface area contributed by atoms with E-state index in [1.807, 2.05) is 31.3 Å². The summed E-state index contributed by atoms with van der Waals surface area (Å²) < 4.78 is 16.2. The molecule has 1 saturated carbocycles. The third kappa shape index (κ3) is 7.29. The molecule has 2 N–H and O–H groups in total. The molecule has 1 aromatic rings. The van der Waals surface area contributed by atoms with E-state index in [9.17, 15) is 0 Å². The van der Waals surface area contributed by atoms with Crippen LogP contribution in [0.15, 0.2) is 29.3 Å². The molecule has 0 unspecified atom stereocenters. The highest BCUT2D eigenvalue weighted by Gasteiger charge is 2.33. The predicted molar refractivity (Wildman–Crippen MR) is 110 cm³/mol. The van der Waals surface area contributed by atoms with Crippen molar-refractivity contribution in [3.05, 3.63) is 24.3 Å². The fourth-order valence-corrected chi connectivity index (χ4v) is 3.59. The number of rotatable bonds is 11. The molecule has 27 heavy (non-hydrogen) atoms. The summed E-state index contributed by atoms with van der Waals surface area (Å²) in [4.78, 5) is 4.34. The van der Waals surface area contributed by atoms with Gasteiger partial charge in [-0.3, -0.25) is 4.99 Å². The van der Waals surface area contributed by atoms with E-state index in [0.717, 1.165) is 50.0 Å². The smallest absolute Gasteiger partial charge is 0.190 e. The van der Waals surface area contributed by atoms with E-state index < -0.39 is 0 Å². The summed E-state index contributed by atoms with van der Waals surface area (Å²) in [5.41, 5.74) is 0.352. The maximum absolute atomic E-state index is 5.75. The highest BCUT2D eigenvalue weighted by atomic mass is 16.5. The van der Waals surface area contributed by atoms with Crippen LogP contribution in [0.4, 0.5) is 0 Å². The van der Waals surface area contributed by atoms with Gasteiger partial charge in [0.1, 0.15) is 11.5 Å². The molecule has 0 spiro atoms. The fraction of sp³-hybridized carbons (Fsp3) is 0.667. The van der Waals surface area contributed by atoms with Crippen LogP contribution in [0.3, 0.4) is 0 Å². The molecule has 152 valence electrons. The summed E-state index contributed by atoms with van der Waals surface area (Å²) in [5.74, 6) is 2.56. The topological polar surface area (TPSA) is 64.1 Å². The summed E-state index contributed by atoms with van der Waals surface area (Å²) in [6.07, 6.45) is 7.21. The minimum absolute atomic E-state index is 0.352. The van der Waals surface area contributed by atoms with E-state index in [-0.39, 0.29) is 0 Å². The Labute approximate surface area is 163 Å². The van der Waals surface area contributed by atoms with Gasteiger partial charge in [0.05, 0.1) is 13.7 Å². The highest BCUT2D eigenvalue weighted by Crippen LogP contribution is 2.40. The summed E-state index contributed by atoms with van der Waals surface area (Å²) >= 11 is 0. The summed E-state index contributed by atoms with van der Waals surface area (Å²) in [6, 6.07) is 7.66. The van der Waals surface area contributed by atoms with Gasteiger partial charge in [-0.2, -0.15) is 0 Å². The van der Waals surface area contributed by atoms with Crippen LogP contribution in [-0.2, 0) is 4.74 Å². The number of ether oxygens (including phenoxy) is 3. The third-order valence-corrected chi connectivity index (χ3v) is 5.30. The lowest BCUT2D eigenvalue weighted by Crippen LogP contribution is -2.43. The second kappa shape index (κ2) is 11.7. The van der Waals surface area contributed by atoms with Crippen LogP contribution in [0.5, 0.6) is 11.5 Å². The van der Waals surface area contributed by atoms with E-state index in [1.165, 1.54) is 25.7 Å². The summed E-state index contributed by atoms with van der Waals surface area (Å²) in [7, 11) is 5.26. The minimum Gasteiger partial charge on any atom is -0.497 e. The van der Waals surface area contributed by atoms with Crippen LogP contribution >= 0.6 is 0 Å². The Hall–Kier alpha value is -1.95. The first-order valence-corrected chi connectivity index (χ1v) is 9.92. The van der Waals surface area contributed by atoms with Crippen molar-refractivity contribution in [1.29, 1.82) is 0 Å². The zero-order valence-corrected chi connectivity index (χ0v) is 17.1. The summed E-state index contributed by atoms with van der Waals surface area (Å²) in [5, 5.41) is 6.89. The maximum atomic E-state index is 5.75. The normalized spacial score (nSPS) is 16.2. The molecule has 6 nitrogen and oxygen atoms in total. The first-order chi connectivity index (χ1) is 13.2. The van der Waals surface area contributed by atoms with Gasteiger partial charge >= 0.3 is 0 Å². The second-order valence-electron chi connectivity index (χ2n) is 7.18. The highest BCUT2D eigenvalue weighted by molar-refractivity contribution is 5.79. The minimum atomic E-state index is 0.352. The van der Waals surface area contributed by atoms with Crippen LogP contribution in [-0.4, -0.2) is 53.5 Å². The Bertz CT molecular complexity index is 554. The molecule has 0 heterocycles. The van der Waals surface area contributed by atoms with Crippen molar-refractivity contribution in [3.8, 4) is 11.5 Å². The van der Waals surface area contributed by atoms with Crippen molar-refractivity contribution < 1.29 is 14.2 Å². The van der Waals surface area contributed by atoms with Gasteiger partial charge in [-0.15, -0.1) is 0 Å². The number of guanidine groups is 1. The SMILES string of the molecule is CN=C(NCCCOc1ccc(OC)cc1)NCC1(CCOC)CCCC1. The van der Waals surface area contributed by atoms with Crippen LogP contribution < -0.4 is 20.1 Å². The molecular weight excluding hydrogens is 342 g/mol. The van der Waals surface area contributed by atoms with E-state index in [0.29, 0.717) is 12.0 Å². The lowest BCUT2D eigenvalue weighted by Gasteiger charge is -2.30. The number of nitrogens with zero attached hydrogens (tertiary/aromatic N) is 1. The molecule has 0 amide bonds. The molecule has 2 rings (SSSR count). The number of hydrogen-bond donors (Lipinski definition) is 2. The molecule has 1 fully saturated rings. The maximum Gasteiger partial charge on any atom is 0.190 e. The van der Waals surface area contributed by atoms with Crippen LogP contribution in [0.25, 0.3) is 0 Å². The second-order valence-corrected chi connectivity index (χ2v) is 7.18. The molecule has 1 aromatic carbocycles. The summed E-state index contributed by atoms with van der Waals surface area (Å²) in [6.45, 7) is 3.27. The van der Waals surface area contributed by atoms with Crippen molar-refractivity contribution in [2.45, 2.75) is 38.5 Å². The predicted octanol–water partition coefficient (Wildman–Crippen LogP) is 3.23. The first kappa shape index (κ1) is 21.4. The van der Waals surface area contributed by atoms with Crippen molar-refractivity contribution in [1.82, 2.24) is 10.6 Å². The average Bonchev–Trinajstić information content (AvgIpc) is 3.18. The zero-order chi connectivity index (χ0) is 19.4. The monoisotopic (exact) mass is 377 g/mol. The zero-order valence-electron chi connectivity index (χ0n) is 17.1. The van der Waals surface area contributed by atoms with Crippen molar-refractivity contribution in [3.63, 3.8) is 0 Å². The Morgan fingerprint density at radius 1 is 1.04 bits per heavy atom. The molecular formula is C21H35N3O3. The van der Waals surface area contributed by atoms with Gasteiger partial charge in [0, 0.05) is 33.9 Å². The van der Waals surface area contributed by atoms with E-state index in [2.05, 4.69) is 15.6 Å². The van der Waals surface area contributed by atoms with Crippen molar-refractivity contribution >= 4 is 5.96 Å². The molecule has 0 bridgehead atoms. The average molecular weight is 378 g/mol. The fourth-order valence-electron chi connectivity index (χ4n) is 3.59. The number of aliphatic imine (C=N–C) groups is 1. The van der Waals surface area contributed by atoms with E-state index >= 15 is 0 Å². The van der Waals surface area contributed by atoms with Gasteiger partial charge in [-0.05, 0) is 55.4 Å². The standard InChI is InChI=1S/C21H35N3O3/c1-22-20(24-17-21(13-16-25-2)11-4-5-12-21)23-14-6-15-27-19-9-7-18(26-3)8-10-19/h7-10H,4-6,11-17H2,1-3H3,(H2,22,23,24). The number of methoxy groups -OCH3 is 2. The Kier molecular flexibility index (Phi) is 9.25. The Balaban J connectivity index is 1.64. The largest absolute Gasteiger partial charge is 0.497 e. The molecule has 1 aliphatic carbocycles.